The minimum Gasteiger partial charge on any atom is -0.326 e. The molecule has 1 aliphatic rings. The maximum atomic E-state index is 12.4. The smallest absolute Gasteiger partial charge is 0.271 e. The Morgan fingerprint density at radius 1 is 1.22 bits per heavy atom. The molecule has 142 valence electrons. The molecule has 1 amide bonds. The van der Waals surface area contributed by atoms with Crippen LogP contribution in [-0.4, -0.2) is 28.3 Å². The fourth-order valence-corrected chi connectivity index (χ4v) is 3.19. The summed E-state index contributed by atoms with van der Waals surface area (Å²) in [7, 11) is 0. The minimum atomic E-state index is -0.453. The van der Waals surface area contributed by atoms with E-state index in [9.17, 15) is 14.9 Å². The summed E-state index contributed by atoms with van der Waals surface area (Å²) in [6, 6.07) is 13.5. The zero-order valence-electron chi connectivity index (χ0n) is 15.8. The summed E-state index contributed by atoms with van der Waals surface area (Å²) in [5, 5.41) is 13.8. The average molecular weight is 367 g/mol. The second kappa shape index (κ2) is 8.31. The molecule has 0 aliphatic heterocycles. The van der Waals surface area contributed by atoms with Crippen LogP contribution in [0.5, 0.6) is 0 Å². The number of anilines is 1. The molecule has 27 heavy (non-hydrogen) atoms. The maximum absolute atomic E-state index is 12.4. The second-order valence-corrected chi connectivity index (χ2v) is 7.25. The van der Waals surface area contributed by atoms with E-state index in [-0.39, 0.29) is 11.6 Å². The fourth-order valence-electron chi connectivity index (χ4n) is 3.19. The van der Waals surface area contributed by atoms with Crippen LogP contribution < -0.4 is 5.32 Å². The summed E-state index contributed by atoms with van der Waals surface area (Å²) < 4.78 is 0. The van der Waals surface area contributed by atoms with E-state index < -0.39 is 4.92 Å². The summed E-state index contributed by atoms with van der Waals surface area (Å²) in [4.78, 5) is 25.2. The van der Waals surface area contributed by atoms with Gasteiger partial charge in [0.2, 0.25) is 5.91 Å². The molecule has 2 aromatic carbocycles. The molecule has 2 aromatic rings. The van der Waals surface area contributed by atoms with Crippen molar-refractivity contribution in [3.8, 4) is 0 Å². The lowest BCUT2D eigenvalue weighted by molar-refractivity contribution is -0.384. The number of nitrogens with zero attached hydrogens (tertiary/aromatic N) is 2. The van der Waals surface area contributed by atoms with Crippen LogP contribution in [-0.2, 0) is 11.3 Å². The molecule has 0 atom stereocenters. The topological polar surface area (TPSA) is 75.5 Å². The number of hydrogen-bond donors (Lipinski definition) is 1. The molecule has 1 saturated carbocycles. The molecule has 0 saturated heterocycles. The Bertz CT molecular complexity index is 846. The number of carbonyl (C=O) groups excluding carboxylic acids is 1. The Morgan fingerprint density at radius 2 is 2.00 bits per heavy atom. The van der Waals surface area contributed by atoms with Crippen LogP contribution in [0.3, 0.4) is 0 Å². The minimum absolute atomic E-state index is 0.0186. The predicted octanol–water partition coefficient (Wildman–Crippen LogP) is 4.20. The van der Waals surface area contributed by atoms with Gasteiger partial charge in [-0.25, -0.2) is 0 Å². The lowest BCUT2D eigenvalue weighted by Gasteiger charge is -2.22. The van der Waals surface area contributed by atoms with E-state index >= 15 is 0 Å². The zero-order valence-corrected chi connectivity index (χ0v) is 15.8. The van der Waals surface area contributed by atoms with Crippen molar-refractivity contribution in [1.82, 2.24) is 4.90 Å². The second-order valence-electron chi connectivity index (χ2n) is 7.25. The monoisotopic (exact) mass is 367 g/mol. The molecule has 0 heterocycles. The van der Waals surface area contributed by atoms with Crippen molar-refractivity contribution in [3.05, 3.63) is 69.3 Å². The summed E-state index contributed by atoms with van der Waals surface area (Å²) in [6.07, 6.45) is 2.72. The van der Waals surface area contributed by atoms with Gasteiger partial charge in [0, 0.05) is 37.7 Å². The van der Waals surface area contributed by atoms with Gasteiger partial charge in [0.1, 0.15) is 0 Å². The van der Waals surface area contributed by atoms with Crippen LogP contribution in [0.2, 0.25) is 0 Å². The molecule has 0 bridgehead atoms. The SMILES string of the molecule is Cc1cccc(CN(CCC(=O)Nc2cc([N+](=O)[O-])ccc2C)C2CC2)c1. The van der Waals surface area contributed by atoms with Gasteiger partial charge < -0.3 is 5.32 Å². The Morgan fingerprint density at radius 3 is 2.67 bits per heavy atom. The first kappa shape index (κ1) is 19.0. The van der Waals surface area contributed by atoms with Crippen LogP contribution >= 0.6 is 0 Å². The quantitative estimate of drug-likeness (QED) is 0.560. The van der Waals surface area contributed by atoms with E-state index in [1.165, 1.54) is 36.1 Å². The number of non-ortho nitro benzene ring substituents is 1. The van der Waals surface area contributed by atoms with Gasteiger partial charge in [-0.3, -0.25) is 19.8 Å². The van der Waals surface area contributed by atoms with Crippen molar-refractivity contribution in [2.45, 2.75) is 45.7 Å². The number of amides is 1. The van der Waals surface area contributed by atoms with E-state index in [0.717, 1.165) is 12.1 Å². The highest BCUT2D eigenvalue weighted by atomic mass is 16.6. The van der Waals surface area contributed by atoms with Gasteiger partial charge in [-0.1, -0.05) is 35.9 Å². The molecule has 0 unspecified atom stereocenters. The third-order valence-electron chi connectivity index (χ3n) is 4.86. The molecule has 3 rings (SSSR count). The number of benzene rings is 2. The lowest BCUT2D eigenvalue weighted by Crippen LogP contribution is -2.29. The van der Waals surface area contributed by atoms with Crippen LogP contribution in [0, 0.1) is 24.0 Å². The molecule has 0 spiro atoms. The van der Waals surface area contributed by atoms with E-state index in [1.54, 1.807) is 6.07 Å². The van der Waals surface area contributed by atoms with E-state index in [2.05, 4.69) is 41.4 Å². The largest absolute Gasteiger partial charge is 0.326 e. The maximum Gasteiger partial charge on any atom is 0.271 e. The van der Waals surface area contributed by atoms with Crippen molar-refractivity contribution in [3.63, 3.8) is 0 Å². The van der Waals surface area contributed by atoms with E-state index in [1.807, 2.05) is 6.92 Å². The van der Waals surface area contributed by atoms with Gasteiger partial charge in [0.15, 0.2) is 0 Å². The molecule has 0 aromatic heterocycles. The molecule has 1 fully saturated rings. The zero-order chi connectivity index (χ0) is 19.4. The fraction of sp³-hybridized carbons (Fsp3) is 0.381. The third kappa shape index (κ3) is 5.37. The van der Waals surface area contributed by atoms with Crippen molar-refractivity contribution in [2.24, 2.45) is 0 Å². The predicted molar refractivity (Wildman–Crippen MR) is 106 cm³/mol. The first-order valence-electron chi connectivity index (χ1n) is 9.27. The van der Waals surface area contributed by atoms with Crippen LogP contribution in [0.1, 0.15) is 36.0 Å². The van der Waals surface area contributed by atoms with Crippen LogP contribution in [0.4, 0.5) is 11.4 Å². The first-order valence-corrected chi connectivity index (χ1v) is 9.27. The average Bonchev–Trinajstić information content (AvgIpc) is 3.45. The summed E-state index contributed by atoms with van der Waals surface area (Å²) in [6.45, 7) is 5.43. The van der Waals surface area contributed by atoms with Gasteiger partial charge in [0.25, 0.3) is 5.69 Å². The van der Waals surface area contributed by atoms with Gasteiger partial charge >= 0.3 is 0 Å². The Hall–Kier alpha value is -2.73. The van der Waals surface area contributed by atoms with Crippen molar-refractivity contribution in [2.75, 3.05) is 11.9 Å². The highest BCUT2D eigenvalue weighted by Crippen LogP contribution is 2.29. The number of rotatable bonds is 8. The van der Waals surface area contributed by atoms with Gasteiger partial charge in [-0.15, -0.1) is 0 Å². The first-order chi connectivity index (χ1) is 12.9. The van der Waals surface area contributed by atoms with Crippen LogP contribution in [0.15, 0.2) is 42.5 Å². The molecular formula is C21H25N3O3. The van der Waals surface area contributed by atoms with Gasteiger partial charge in [-0.2, -0.15) is 0 Å². The molecule has 0 radical (unpaired) electrons. The van der Waals surface area contributed by atoms with Gasteiger partial charge in [0.05, 0.1) is 10.6 Å². The Balaban J connectivity index is 1.58. The normalized spacial score (nSPS) is 13.6. The molecule has 1 N–H and O–H groups in total. The number of carbonyl (C=O) groups is 1. The number of nitro benzene ring substituents is 1. The molecular weight excluding hydrogens is 342 g/mol. The number of nitrogens with one attached hydrogen (secondary N) is 1. The summed E-state index contributed by atoms with van der Waals surface area (Å²) >= 11 is 0. The van der Waals surface area contributed by atoms with E-state index in [4.69, 9.17) is 0 Å². The number of aryl methyl sites for hydroxylation is 2. The lowest BCUT2D eigenvalue weighted by atomic mass is 10.1. The highest BCUT2D eigenvalue weighted by molar-refractivity contribution is 5.92. The number of hydrogen-bond acceptors (Lipinski definition) is 4. The third-order valence-corrected chi connectivity index (χ3v) is 4.86. The molecule has 1 aliphatic carbocycles. The highest BCUT2D eigenvalue weighted by Gasteiger charge is 2.29. The standard InChI is InChI=1S/C21H25N3O3/c1-15-4-3-5-17(12-15)14-23(18-8-9-18)11-10-21(25)22-20-13-19(24(26)27)7-6-16(20)2/h3-7,12-13,18H,8-11,14H2,1-2H3,(H,22,25). The van der Waals surface area contributed by atoms with E-state index in [0.29, 0.717) is 24.7 Å². The summed E-state index contributed by atoms with van der Waals surface area (Å²) in [5.41, 5.74) is 3.80. The van der Waals surface area contributed by atoms with Crippen molar-refractivity contribution >= 4 is 17.3 Å². The summed E-state index contributed by atoms with van der Waals surface area (Å²) in [5.74, 6) is -0.117. The van der Waals surface area contributed by atoms with Crippen molar-refractivity contribution in [1.29, 1.82) is 0 Å². The Labute approximate surface area is 159 Å². The van der Waals surface area contributed by atoms with Crippen LogP contribution in [0.25, 0.3) is 0 Å². The number of nitro groups is 1. The molecule has 6 heteroatoms. The molecule has 6 nitrogen and oxygen atoms in total. The van der Waals surface area contributed by atoms with Crippen molar-refractivity contribution < 1.29 is 9.72 Å². The van der Waals surface area contributed by atoms with Gasteiger partial charge in [-0.05, 0) is 37.8 Å². The Kier molecular flexibility index (Phi) is 5.86.